The average Bonchev–Trinajstić information content (AvgIpc) is 2.95. The van der Waals surface area contributed by atoms with Gasteiger partial charge in [-0.05, 0) is 61.8 Å². The van der Waals surface area contributed by atoms with Gasteiger partial charge in [-0.2, -0.15) is 8.42 Å². The monoisotopic (exact) mass is 607 g/mol. The fourth-order valence-corrected chi connectivity index (χ4v) is 6.15. The third kappa shape index (κ3) is 8.95. The second-order valence-electron chi connectivity index (χ2n) is 11.1. The van der Waals surface area contributed by atoms with Crippen molar-refractivity contribution in [3.63, 3.8) is 0 Å². The van der Waals surface area contributed by atoms with Gasteiger partial charge in [0.25, 0.3) is 15.7 Å². The number of aliphatic hydroxyl groups is 2. The van der Waals surface area contributed by atoms with Gasteiger partial charge in [0.2, 0.25) is 0 Å². The van der Waals surface area contributed by atoms with Crippen LogP contribution in [0.25, 0.3) is 0 Å². The Morgan fingerprint density at radius 3 is 1.98 bits per heavy atom. The zero-order valence-electron chi connectivity index (χ0n) is 25.9. The molecule has 0 aliphatic heterocycles. The lowest BCUT2D eigenvalue weighted by Crippen LogP contribution is -2.22. The van der Waals surface area contributed by atoms with Crippen LogP contribution in [-0.4, -0.2) is 32.9 Å². The van der Waals surface area contributed by atoms with Crippen LogP contribution in [0.1, 0.15) is 120 Å². The highest BCUT2D eigenvalue weighted by atomic mass is 32.2. The average molecular weight is 608 g/mol. The minimum absolute atomic E-state index is 0.0364. The van der Waals surface area contributed by atoms with Crippen molar-refractivity contribution in [1.29, 1.82) is 0 Å². The molecule has 236 valence electrons. The van der Waals surface area contributed by atoms with E-state index in [4.69, 9.17) is 0 Å². The molecular formula is C31H49N3O7S. The molecule has 4 N–H and O–H groups in total. The van der Waals surface area contributed by atoms with Crippen molar-refractivity contribution < 1.29 is 28.3 Å². The standard InChI is InChI=1S/C31H49N3O7S/c1-7-12-14-21(9-3)28(35)23-16-17-26(24(18-23)29(36)22(10-4)15-13-8-2)32-33-27-20(6)25(19-42(39,40)41)30(37)34(11-5)31(27)38/h16-18,21-22,28-29,35-37H,7-15,19H2,1-6H3,(H,39,40,41)/b33-32+. The third-order valence-corrected chi connectivity index (χ3v) is 8.85. The first-order valence-electron chi connectivity index (χ1n) is 15.2. The summed E-state index contributed by atoms with van der Waals surface area (Å²) in [5.41, 5.74) is 0.585. The van der Waals surface area contributed by atoms with Gasteiger partial charge in [0.05, 0.1) is 17.9 Å². The number of nitrogens with zero attached hydrogens (tertiary/aromatic N) is 3. The largest absolute Gasteiger partial charge is 0.494 e. The van der Waals surface area contributed by atoms with Crippen LogP contribution in [0.4, 0.5) is 11.4 Å². The van der Waals surface area contributed by atoms with Crippen LogP contribution >= 0.6 is 0 Å². The first kappa shape index (κ1) is 35.6. The number of unbranched alkanes of at least 4 members (excludes halogenated alkanes) is 2. The van der Waals surface area contributed by atoms with Gasteiger partial charge in [-0.15, -0.1) is 10.2 Å². The summed E-state index contributed by atoms with van der Waals surface area (Å²) in [4.78, 5) is 13.2. The van der Waals surface area contributed by atoms with E-state index in [0.29, 0.717) is 16.8 Å². The maximum atomic E-state index is 13.2. The number of aromatic hydroxyl groups is 1. The molecule has 0 fully saturated rings. The van der Waals surface area contributed by atoms with E-state index in [1.165, 1.54) is 6.92 Å². The summed E-state index contributed by atoms with van der Waals surface area (Å²) in [6.45, 7) is 11.4. The zero-order valence-corrected chi connectivity index (χ0v) is 26.7. The molecule has 11 heteroatoms. The molecule has 42 heavy (non-hydrogen) atoms. The van der Waals surface area contributed by atoms with Crippen LogP contribution in [0.3, 0.4) is 0 Å². The molecule has 0 radical (unpaired) electrons. The molecule has 0 aliphatic rings. The molecule has 2 rings (SSSR count). The number of aromatic nitrogens is 1. The summed E-state index contributed by atoms with van der Waals surface area (Å²) in [6.07, 6.45) is 5.61. The van der Waals surface area contributed by atoms with Gasteiger partial charge in [0.15, 0.2) is 11.6 Å². The second-order valence-corrected chi connectivity index (χ2v) is 12.5. The second kappa shape index (κ2) is 16.3. The Hall–Kier alpha value is -2.60. The molecule has 0 aliphatic carbocycles. The number of pyridine rings is 1. The molecule has 10 nitrogen and oxygen atoms in total. The first-order chi connectivity index (χ1) is 19.8. The third-order valence-electron chi connectivity index (χ3n) is 8.19. The van der Waals surface area contributed by atoms with Gasteiger partial charge >= 0.3 is 0 Å². The Morgan fingerprint density at radius 2 is 1.48 bits per heavy atom. The molecule has 0 bridgehead atoms. The van der Waals surface area contributed by atoms with Crippen LogP contribution in [-0.2, 0) is 22.4 Å². The van der Waals surface area contributed by atoms with Crippen molar-refractivity contribution in [2.24, 2.45) is 22.1 Å². The van der Waals surface area contributed by atoms with Crippen LogP contribution in [0, 0.1) is 18.8 Å². The van der Waals surface area contributed by atoms with E-state index >= 15 is 0 Å². The van der Waals surface area contributed by atoms with Crippen LogP contribution in [0.5, 0.6) is 5.88 Å². The highest BCUT2D eigenvalue weighted by Gasteiger charge is 2.26. The highest BCUT2D eigenvalue weighted by molar-refractivity contribution is 7.85. The summed E-state index contributed by atoms with van der Waals surface area (Å²) in [5, 5.41) is 41.9. The summed E-state index contributed by atoms with van der Waals surface area (Å²) >= 11 is 0. The van der Waals surface area contributed by atoms with E-state index in [1.54, 1.807) is 25.1 Å². The quantitative estimate of drug-likeness (QED) is 0.109. The van der Waals surface area contributed by atoms with Gasteiger partial charge in [0.1, 0.15) is 5.75 Å². The van der Waals surface area contributed by atoms with Crippen LogP contribution in [0.2, 0.25) is 0 Å². The number of azo groups is 1. The smallest absolute Gasteiger partial charge is 0.281 e. The van der Waals surface area contributed by atoms with Crippen molar-refractivity contribution in [3.05, 3.63) is 50.8 Å². The van der Waals surface area contributed by atoms with E-state index in [0.717, 1.165) is 55.9 Å². The van der Waals surface area contributed by atoms with E-state index in [2.05, 4.69) is 31.0 Å². The molecule has 0 amide bonds. The topological polar surface area (TPSA) is 162 Å². The van der Waals surface area contributed by atoms with E-state index < -0.39 is 39.5 Å². The molecular weight excluding hydrogens is 558 g/mol. The van der Waals surface area contributed by atoms with E-state index in [9.17, 15) is 33.1 Å². The molecule has 0 spiro atoms. The van der Waals surface area contributed by atoms with Crippen molar-refractivity contribution in [1.82, 2.24) is 4.57 Å². The Kier molecular flexibility index (Phi) is 13.8. The Bertz CT molecular complexity index is 1370. The maximum Gasteiger partial charge on any atom is 0.281 e. The summed E-state index contributed by atoms with van der Waals surface area (Å²) in [6, 6.07) is 5.21. The van der Waals surface area contributed by atoms with Crippen molar-refractivity contribution in [2.45, 2.75) is 117 Å². The first-order valence-corrected chi connectivity index (χ1v) is 16.8. The van der Waals surface area contributed by atoms with Gasteiger partial charge in [0, 0.05) is 17.7 Å². The fourth-order valence-electron chi connectivity index (χ4n) is 5.44. The van der Waals surface area contributed by atoms with Crippen LogP contribution < -0.4 is 5.56 Å². The lowest BCUT2D eigenvalue weighted by Gasteiger charge is -2.26. The van der Waals surface area contributed by atoms with Crippen molar-refractivity contribution in [2.75, 3.05) is 0 Å². The van der Waals surface area contributed by atoms with Gasteiger partial charge in [-0.3, -0.25) is 13.9 Å². The molecule has 1 aromatic carbocycles. The Morgan fingerprint density at radius 1 is 0.905 bits per heavy atom. The molecule has 1 aromatic heterocycles. The molecule has 4 unspecified atom stereocenters. The van der Waals surface area contributed by atoms with Crippen molar-refractivity contribution in [3.8, 4) is 5.88 Å². The molecule has 2 aromatic rings. The Balaban J connectivity index is 2.71. The lowest BCUT2D eigenvalue weighted by molar-refractivity contribution is 0.0933. The molecule has 0 saturated heterocycles. The summed E-state index contributed by atoms with van der Waals surface area (Å²) in [7, 11) is -4.51. The fraction of sp³-hybridized carbons (Fsp3) is 0.645. The summed E-state index contributed by atoms with van der Waals surface area (Å²) < 4.78 is 33.7. The van der Waals surface area contributed by atoms with Gasteiger partial charge in [-0.25, -0.2) is 0 Å². The lowest BCUT2D eigenvalue weighted by atomic mass is 9.85. The van der Waals surface area contributed by atoms with Crippen LogP contribution in [0.15, 0.2) is 33.2 Å². The Labute approximate surface area is 250 Å². The van der Waals surface area contributed by atoms with E-state index in [1.807, 2.05) is 6.92 Å². The number of benzene rings is 1. The highest BCUT2D eigenvalue weighted by Crippen LogP contribution is 2.39. The van der Waals surface area contributed by atoms with E-state index in [-0.39, 0.29) is 35.2 Å². The minimum Gasteiger partial charge on any atom is -0.494 e. The predicted octanol–water partition coefficient (Wildman–Crippen LogP) is 7.19. The number of rotatable bonds is 17. The summed E-state index contributed by atoms with van der Waals surface area (Å²) in [5.74, 6) is -1.43. The van der Waals surface area contributed by atoms with Gasteiger partial charge < -0.3 is 15.3 Å². The SMILES string of the molecule is CCCCC(CC)C(O)c1ccc(/N=N/c2c(C)c(CS(=O)(=O)O)c(O)n(CC)c2=O)c(C(O)C(CC)CCCC)c1. The number of hydrogen-bond donors (Lipinski definition) is 4. The van der Waals surface area contributed by atoms with Crippen molar-refractivity contribution >= 4 is 21.5 Å². The molecule has 0 saturated carbocycles. The minimum atomic E-state index is -4.51. The normalized spacial score (nSPS) is 15.2. The molecule has 1 heterocycles. The molecule has 4 atom stereocenters. The predicted molar refractivity (Wildman–Crippen MR) is 165 cm³/mol. The zero-order chi connectivity index (χ0) is 31.6. The maximum absolute atomic E-state index is 13.2. The number of hydrogen-bond acceptors (Lipinski definition) is 8. The van der Waals surface area contributed by atoms with Gasteiger partial charge in [-0.1, -0.05) is 72.3 Å². The number of aliphatic hydroxyl groups excluding tert-OH is 2.